The minimum atomic E-state index is -0.929. The number of anilines is 1. The fraction of sp³-hybridized carbons (Fsp3) is 0.600. The van der Waals surface area contributed by atoms with E-state index < -0.39 is 35.6 Å². The molecular weight excluding hydrogens is 391 g/mol. The highest BCUT2D eigenvalue weighted by molar-refractivity contribution is 6.62. The van der Waals surface area contributed by atoms with Crippen molar-refractivity contribution in [2.75, 3.05) is 4.90 Å². The van der Waals surface area contributed by atoms with Crippen LogP contribution in [-0.2, 0) is 9.31 Å². The van der Waals surface area contributed by atoms with Crippen LogP contribution in [0.2, 0.25) is 0 Å². The molecule has 2 fully saturated rings. The van der Waals surface area contributed by atoms with Crippen molar-refractivity contribution in [3.63, 3.8) is 0 Å². The number of nitrogens with zero attached hydrogens (tertiary/aromatic N) is 3. The molecule has 4 rings (SSSR count). The normalized spacial score (nSPS) is 24.7. The molecule has 1 saturated heterocycles. The van der Waals surface area contributed by atoms with Crippen molar-refractivity contribution in [2.45, 2.75) is 76.7 Å². The molecule has 1 aromatic rings. The Morgan fingerprint density at radius 1 is 0.967 bits per heavy atom. The van der Waals surface area contributed by atoms with Crippen molar-refractivity contribution in [1.29, 1.82) is 0 Å². The molecule has 1 spiro atoms. The zero-order valence-electron chi connectivity index (χ0n) is 17.8. The van der Waals surface area contributed by atoms with Gasteiger partial charge in [0.2, 0.25) is 11.9 Å². The average molecular weight is 419 g/mol. The molecule has 0 amide bonds. The third-order valence-corrected chi connectivity index (χ3v) is 6.64. The Labute approximate surface area is 175 Å². The van der Waals surface area contributed by atoms with Crippen LogP contribution >= 0.6 is 0 Å². The minimum Gasteiger partial charge on any atom is -0.399 e. The molecule has 0 atom stereocenters. The number of hydrogen-bond donors (Lipinski definition) is 2. The molecule has 0 unspecified atom stereocenters. The first-order chi connectivity index (χ1) is 14.0. The first-order valence-corrected chi connectivity index (χ1v) is 10.3. The summed E-state index contributed by atoms with van der Waals surface area (Å²) >= 11 is 0. The van der Waals surface area contributed by atoms with Gasteiger partial charge in [-0.1, -0.05) is 6.42 Å². The average Bonchev–Trinajstić information content (AvgIpc) is 2.85. The summed E-state index contributed by atoms with van der Waals surface area (Å²) < 4.78 is 42.6. The third-order valence-electron chi connectivity index (χ3n) is 6.64. The second kappa shape index (κ2) is 6.92. The van der Waals surface area contributed by atoms with E-state index in [0.717, 1.165) is 19.3 Å². The van der Waals surface area contributed by atoms with Gasteiger partial charge in [-0.05, 0) is 71.0 Å². The standard InChI is InChI=1S/C20H28BF2N5O2/c1-18(2)19(3,4)30-21(29-18)12-10-13(22)15(14(23)11-12)28-17(25)26-16(24)27-20(28)8-6-5-7-9-20/h10-11H,5-9H2,1-4H3,(H4,24,25,26,27). The maximum Gasteiger partial charge on any atom is 0.495 e. The molecule has 162 valence electrons. The molecule has 1 saturated carbocycles. The maximum atomic E-state index is 15.4. The summed E-state index contributed by atoms with van der Waals surface area (Å²) in [5, 5.41) is 0. The van der Waals surface area contributed by atoms with Crippen molar-refractivity contribution in [1.82, 2.24) is 0 Å². The Morgan fingerprint density at radius 3 is 2.03 bits per heavy atom. The highest BCUT2D eigenvalue weighted by atomic mass is 19.1. The summed E-state index contributed by atoms with van der Waals surface area (Å²) in [5.74, 6) is -1.59. The lowest BCUT2D eigenvalue weighted by atomic mass is 9.78. The van der Waals surface area contributed by atoms with Crippen molar-refractivity contribution in [3.05, 3.63) is 23.8 Å². The fourth-order valence-corrected chi connectivity index (χ4v) is 4.36. The van der Waals surface area contributed by atoms with E-state index in [1.165, 1.54) is 17.0 Å². The van der Waals surface area contributed by atoms with Gasteiger partial charge in [0.25, 0.3) is 0 Å². The Bertz CT molecular complexity index is 889. The lowest BCUT2D eigenvalue weighted by molar-refractivity contribution is 0.00578. The summed E-state index contributed by atoms with van der Waals surface area (Å²) in [6, 6.07) is 2.46. The number of guanidine groups is 2. The van der Waals surface area contributed by atoms with Crippen LogP contribution in [-0.4, -0.2) is 35.9 Å². The van der Waals surface area contributed by atoms with Gasteiger partial charge in [0, 0.05) is 0 Å². The first kappa shape index (κ1) is 21.1. The molecule has 1 aliphatic carbocycles. The maximum absolute atomic E-state index is 15.4. The number of hydrogen-bond acceptors (Lipinski definition) is 7. The van der Waals surface area contributed by atoms with Crippen LogP contribution in [0.4, 0.5) is 14.5 Å². The van der Waals surface area contributed by atoms with Crippen LogP contribution in [0.15, 0.2) is 22.1 Å². The van der Waals surface area contributed by atoms with E-state index in [2.05, 4.69) is 9.98 Å². The van der Waals surface area contributed by atoms with Crippen LogP contribution < -0.4 is 21.8 Å². The molecule has 0 radical (unpaired) electrons. The molecule has 7 nitrogen and oxygen atoms in total. The topological polar surface area (TPSA) is 98.5 Å². The number of benzene rings is 1. The molecule has 4 N–H and O–H groups in total. The van der Waals surface area contributed by atoms with Crippen LogP contribution in [0, 0.1) is 11.6 Å². The third kappa shape index (κ3) is 3.26. The summed E-state index contributed by atoms with van der Waals surface area (Å²) in [7, 11) is -0.877. The molecule has 0 bridgehead atoms. The van der Waals surface area contributed by atoms with Gasteiger partial charge in [-0.3, -0.25) is 4.90 Å². The van der Waals surface area contributed by atoms with Crippen LogP contribution in [0.1, 0.15) is 59.8 Å². The molecule has 2 heterocycles. The monoisotopic (exact) mass is 419 g/mol. The van der Waals surface area contributed by atoms with Gasteiger partial charge < -0.3 is 20.8 Å². The van der Waals surface area contributed by atoms with Crippen molar-refractivity contribution >= 4 is 30.2 Å². The van der Waals surface area contributed by atoms with E-state index in [0.29, 0.717) is 12.8 Å². The second-order valence-corrected chi connectivity index (χ2v) is 9.24. The minimum absolute atomic E-state index is 0.0281. The quantitative estimate of drug-likeness (QED) is 0.718. The highest BCUT2D eigenvalue weighted by Crippen LogP contribution is 2.41. The fourth-order valence-electron chi connectivity index (χ4n) is 4.36. The number of halogens is 2. The van der Waals surface area contributed by atoms with E-state index in [1.807, 2.05) is 27.7 Å². The van der Waals surface area contributed by atoms with E-state index in [1.54, 1.807) is 0 Å². The van der Waals surface area contributed by atoms with E-state index in [9.17, 15) is 0 Å². The molecule has 3 aliphatic rings. The Morgan fingerprint density at radius 2 is 1.50 bits per heavy atom. The van der Waals surface area contributed by atoms with Crippen molar-refractivity contribution in [2.24, 2.45) is 21.5 Å². The van der Waals surface area contributed by atoms with E-state index >= 15 is 8.78 Å². The predicted octanol–water partition coefficient (Wildman–Crippen LogP) is 2.37. The Kier molecular flexibility index (Phi) is 4.85. The second-order valence-electron chi connectivity index (χ2n) is 9.24. The van der Waals surface area contributed by atoms with Gasteiger partial charge in [-0.2, -0.15) is 4.99 Å². The summed E-state index contributed by atoms with van der Waals surface area (Å²) in [4.78, 5) is 9.81. The summed E-state index contributed by atoms with van der Waals surface area (Å²) in [6.45, 7) is 7.53. The lowest BCUT2D eigenvalue weighted by Gasteiger charge is -2.45. The van der Waals surface area contributed by atoms with E-state index in [-0.39, 0.29) is 23.1 Å². The number of aliphatic imine (C=N–C) groups is 2. The molecular formula is C20H28BF2N5O2. The van der Waals surface area contributed by atoms with Gasteiger partial charge in [-0.15, -0.1) is 0 Å². The molecule has 2 aliphatic heterocycles. The lowest BCUT2D eigenvalue weighted by Crippen LogP contribution is -2.59. The zero-order valence-corrected chi connectivity index (χ0v) is 17.8. The summed E-state index contributed by atoms with van der Waals surface area (Å²) in [5.41, 5.74) is 9.76. The summed E-state index contributed by atoms with van der Waals surface area (Å²) in [6.07, 6.45) is 3.91. The molecule has 10 heteroatoms. The van der Waals surface area contributed by atoms with Gasteiger partial charge in [0.05, 0.1) is 11.2 Å². The van der Waals surface area contributed by atoms with Crippen LogP contribution in [0.3, 0.4) is 0 Å². The van der Waals surface area contributed by atoms with Gasteiger partial charge in [0.1, 0.15) is 23.0 Å². The number of nitrogens with two attached hydrogens (primary N) is 2. The molecule has 1 aromatic carbocycles. The van der Waals surface area contributed by atoms with Crippen LogP contribution in [0.25, 0.3) is 0 Å². The van der Waals surface area contributed by atoms with Gasteiger partial charge in [-0.25, -0.2) is 13.8 Å². The van der Waals surface area contributed by atoms with Gasteiger partial charge in [0.15, 0.2) is 0 Å². The largest absolute Gasteiger partial charge is 0.495 e. The SMILES string of the molecule is CC1(C)OB(c2cc(F)c(N3C(N)=NC(N)=NC34CCCCC4)c(F)c2)OC1(C)C. The Hall–Kier alpha value is -2.20. The smallest absolute Gasteiger partial charge is 0.399 e. The molecule has 30 heavy (non-hydrogen) atoms. The van der Waals surface area contributed by atoms with Crippen molar-refractivity contribution < 1.29 is 18.1 Å². The predicted molar refractivity (Wildman–Crippen MR) is 114 cm³/mol. The zero-order chi connectivity index (χ0) is 21.9. The Balaban J connectivity index is 1.75. The highest BCUT2D eigenvalue weighted by Gasteiger charge is 2.52. The number of rotatable bonds is 2. The van der Waals surface area contributed by atoms with Crippen molar-refractivity contribution in [3.8, 4) is 0 Å². The first-order valence-electron chi connectivity index (χ1n) is 10.3. The van der Waals surface area contributed by atoms with Gasteiger partial charge >= 0.3 is 7.12 Å². The molecule has 0 aromatic heterocycles. The van der Waals surface area contributed by atoms with E-state index in [4.69, 9.17) is 20.8 Å². The van der Waals surface area contributed by atoms with Crippen LogP contribution in [0.5, 0.6) is 0 Å².